The Labute approximate surface area is 125 Å². The van der Waals surface area contributed by atoms with Crippen molar-refractivity contribution in [1.82, 2.24) is 0 Å². The average molecular weight is 384 g/mol. The Morgan fingerprint density at radius 1 is 0.783 bits per heavy atom. The molecule has 0 fully saturated rings. The fourth-order valence-electron chi connectivity index (χ4n) is 1.29. The molecule has 0 aliphatic heterocycles. The summed E-state index contributed by atoms with van der Waals surface area (Å²) in [6.07, 6.45) is -5.87. The molecule has 0 rings (SSSR count). The Morgan fingerprint density at radius 3 is 1.65 bits per heavy atom. The minimum absolute atomic E-state index is 0.190. The zero-order valence-corrected chi connectivity index (χ0v) is 12.4. The molecule has 0 atom stereocenters. The van der Waals surface area contributed by atoms with Crippen molar-refractivity contribution in [3.05, 3.63) is 0 Å². The Morgan fingerprint density at radius 2 is 1.26 bits per heavy atom. The number of alkyl halides is 9. The molecular formula is C10H13F9O3S. The van der Waals surface area contributed by atoms with Crippen molar-refractivity contribution >= 4 is 10.1 Å². The van der Waals surface area contributed by atoms with Gasteiger partial charge in [0.2, 0.25) is 0 Å². The molecular weight excluding hydrogens is 371 g/mol. The quantitative estimate of drug-likeness (QED) is 0.338. The predicted octanol–water partition coefficient (Wildman–Crippen LogP) is 4.34. The van der Waals surface area contributed by atoms with Crippen molar-refractivity contribution in [1.29, 1.82) is 0 Å². The van der Waals surface area contributed by atoms with Crippen LogP contribution in [0, 0.1) is 0 Å². The monoisotopic (exact) mass is 384 g/mol. The third kappa shape index (κ3) is 4.22. The van der Waals surface area contributed by atoms with Gasteiger partial charge in [0, 0.05) is 0 Å². The molecule has 0 saturated carbocycles. The Balaban J connectivity index is 5.35. The first-order valence-electron chi connectivity index (χ1n) is 6.15. The van der Waals surface area contributed by atoms with Gasteiger partial charge in [-0.15, -0.1) is 0 Å². The lowest BCUT2D eigenvalue weighted by Crippen LogP contribution is -2.63. The van der Waals surface area contributed by atoms with E-state index < -0.39 is 40.0 Å². The molecule has 13 heteroatoms. The number of unbranched alkanes of at least 4 members (excludes halogenated alkanes) is 3. The van der Waals surface area contributed by atoms with Crippen LogP contribution >= 0.6 is 0 Å². The molecule has 3 nitrogen and oxygen atoms in total. The highest BCUT2D eigenvalue weighted by Gasteiger charge is 2.85. The highest BCUT2D eigenvalue weighted by molar-refractivity contribution is 7.87. The second-order valence-electron chi connectivity index (χ2n) is 4.50. The van der Waals surface area contributed by atoms with E-state index in [0.717, 1.165) is 0 Å². The number of hydrogen-bond donors (Lipinski definition) is 0. The largest absolute Gasteiger partial charge is 0.460 e. The normalized spacial score (nSPS) is 15.0. The van der Waals surface area contributed by atoms with Gasteiger partial charge in [0.05, 0.1) is 6.61 Å². The second kappa shape index (κ2) is 7.03. The van der Waals surface area contributed by atoms with Crippen LogP contribution in [0.4, 0.5) is 39.5 Å². The van der Waals surface area contributed by atoms with Gasteiger partial charge in [0.15, 0.2) is 0 Å². The minimum atomic E-state index is -7.28. The first kappa shape index (κ1) is 22.3. The van der Waals surface area contributed by atoms with Gasteiger partial charge in [-0.2, -0.15) is 47.9 Å². The first-order chi connectivity index (χ1) is 10.1. The van der Waals surface area contributed by atoms with Gasteiger partial charge in [0.25, 0.3) is 0 Å². The molecule has 0 saturated heterocycles. The number of rotatable bonds is 9. The van der Waals surface area contributed by atoms with Crippen LogP contribution < -0.4 is 0 Å². The summed E-state index contributed by atoms with van der Waals surface area (Å²) in [5.74, 6) is -14.5. The maximum absolute atomic E-state index is 13.1. The van der Waals surface area contributed by atoms with Gasteiger partial charge >= 0.3 is 33.4 Å². The molecule has 0 bridgehead atoms. The van der Waals surface area contributed by atoms with E-state index in [0.29, 0.717) is 12.8 Å². The second-order valence-corrected chi connectivity index (χ2v) is 6.16. The van der Waals surface area contributed by atoms with Gasteiger partial charge in [-0.3, -0.25) is 4.18 Å². The lowest BCUT2D eigenvalue weighted by molar-refractivity contribution is -0.382. The fourth-order valence-corrected chi connectivity index (χ4v) is 2.22. The van der Waals surface area contributed by atoms with Crippen molar-refractivity contribution in [3.8, 4) is 0 Å². The van der Waals surface area contributed by atoms with Crippen LogP contribution in [0.15, 0.2) is 0 Å². The Hall–Kier alpha value is -0.720. The molecule has 0 heterocycles. The summed E-state index contributed by atoms with van der Waals surface area (Å²) in [4.78, 5) is 0. The zero-order valence-electron chi connectivity index (χ0n) is 11.6. The van der Waals surface area contributed by atoms with Gasteiger partial charge in [0.1, 0.15) is 0 Å². The molecule has 0 unspecified atom stereocenters. The van der Waals surface area contributed by atoms with Crippen molar-refractivity contribution in [3.63, 3.8) is 0 Å². The van der Waals surface area contributed by atoms with Crippen LogP contribution in [-0.2, 0) is 14.3 Å². The summed E-state index contributed by atoms with van der Waals surface area (Å²) in [7, 11) is -6.71. The van der Waals surface area contributed by atoms with Crippen LogP contribution in [0.5, 0.6) is 0 Å². The van der Waals surface area contributed by atoms with E-state index >= 15 is 0 Å². The molecule has 23 heavy (non-hydrogen) atoms. The lowest BCUT2D eigenvalue weighted by Gasteiger charge is -2.32. The van der Waals surface area contributed by atoms with Crippen molar-refractivity contribution < 1.29 is 52.1 Å². The average Bonchev–Trinajstić information content (AvgIpc) is 2.36. The summed E-state index contributed by atoms with van der Waals surface area (Å²) in [6.45, 7) is 0.678. The highest BCUT2D eigenvalue weighted by Crippen LogP contribution is 2.54. The van der Waals surface area contributed by atoms with Crippen molar-refractivity contribution in [2.75, 3.05) is 6.61 Å². The fraction of sp³-hybridized carbons (Fsp3) is 1.00. The van der Waals surface area contributed by atoms with Crippen LogP contribution in [-0.4, -0.2) is 38.3 Å². The molecule has 0 N–H and O–H groups in total. The van der Waals surface area contributed by atoms with Crippen molar-refractivity contribution in [2.24, 2.45) is 0 Å². The van der Waals surface area contributed by atoms with E-state index in [1.54, 1.807) is 6.92 Å². The topological polar surface area (TPSA) is 43.4 Å². The van der Waals surface area contributed by atoms with Gasteiger partial charge in [-0.1, -0.05) is 26.2 Å². The van der Waals surface area contributed by atoms with Crippen LogP contribution in [0.3, 0.4) is 0 Å². The lowest BCUT2D eigenvalue weighted by atomic mass is 10.1. The Kier molecular flexibility index (Phi) is 6.81. The SMILES string of the molecule is CCCCCCOS(=O)(=O)C(F)(F)C(F)(F)C(F)(F)C(F)(F)F. The molecule has 0 aromatic heterocycles. The molecule has 0 radical (unpaired) electrons. The molecule has 0 aliphatic carbocycles. The standard InChI is InChI=1S/C10H13F9O3S/c1-2-3-4-5-6-22-23(20,21)10(18,19)8(13,14)7(11,12)9(15,16)17/h2-6H2,1H3. The summed E-state index contributed by atoms with van der Waals surface area (Å²) >= 11 is 0. The zero-order chi connectivity index (χ0) is 18.7. The molecule has 0 amide bonds. The summed E-state index contributed by atoms with van der Waals surface area (Å²) in [5, 5.41) is -6.77. The molecule has 0 aromatic carbocycles. The van der Waals surface area contributed by atoms with E-state index in [1.807, 2.05) is 0 Å². The number of halogens is 9. The summed E-state index contributed by atoms with van der Waals surface area (Å²) < 4.78 is 138. The van der Waals surface area contributed by atoms with E-state index in [4.69, 9.17) is 0 Å². The van der Waals surface area contributed by atoms with Crippen LogP contribution in [0.1, 0.15) is 32.6 Å². The third-order valence-corrected chi connectivity index (χ3v) is 4.03. The smallest absolute Gasteiger partial charge is 0.265 e. The maximum atomic E-state index is 13.1. The van der Waals surface area contributed by atoms with Gasteiger partial charge < -0.3 is 0 Å². The van der Waals surface area contributed by atoms with Crippen LogP contribution in [0.25, 0.3) is 0 Å². The molecule has 140 valence electrons. The summed E-state index contributed by atoms with van der Waals surface area (Å²) in [5.41, 5.74) is 0. The minimum Gasteiger partial charge on any atom is -0.265 e. The highest BCUT2D eigenvalue weighted by atomic mass is 32.2. The van der Waals surface area contributed by atoms with Crippen LogP contribution in [0.2, 0.25) is 0 Å². The molecule has 0 aromatic rings. The maximum Gasteiger partial charge on any atom is 0.460 e. The van der Waals surface area contributed by atoms with E-state index in [1.165, 1.54) is 0 Å². The Bertz CT molecular complexity index is 484. The molecule has 0 spiro atoms. The van der Waals surface area contributed by atoms with Crippen molar-refractivity contribution in [2.45, 2.75) is 55.9 Å². The van der Waals surface area contributed by atoms with E-state index in [9.17, 15) is 47.9 Å². The number of hydrogen-bond acceptors (Lipinski definition) is 3. The molecule has 0 aliphatic rings. The van der Waals surface area contributed by atoms with E-state index in [2.05, 4.69) is 4.18 Å². The first-order valence-corrected chi connectivity index (χ1v) is 7.56. The summed E-state index contributed by atoms with van der Waals surface area (Å²) in [6, 6.07) is 0. The predicted molar refractivity (Wildman–Crippen MR) is 59.9 cm³/mol. The third-order valence-electron chi connectivity index (χ3n) is 2.67. The van der Waals surface area contributed by atoms with Gasteiger partial charge in [-0.25, -0.2) is 0 Å². The van der Waals surface area contributed by atoms with E-state index in [-0.39, 0.29) is 12.8 Å². The van der Waals surface area contributed by atoms with Gasteiger partial charge in [-0.05, 0) is 6.42 Å².